The zero-order valence-corrected chi connectivity index (χ0v) is 14.7. The molecular weight excluding hydrogens is 324 g/mol. The van der Waals surface area contributed by atoms with Gasteiger partial charge < -0.3 is 18.8 Å². The number of ether oxygens (including phenoxy) is 2. The van der Waals surface area contributed by atoms with Crippen molar-refractivity contribution in [3.63, 3.8) is 0 Å². The molecule has 134 valence electrons. The van der Waals surface area contributed by atoms with Crippen LogP contribution >= 0.6 is 0 Å². The molecule has 0 spiro atoms. The predicted octanol–water partition coefficient (Wildman–Crippen LogP) is 3.67. The fraction of sp³-hybridized carbons (Fsp3) is 0.625. The summed E-state index contributed by atoms with van der Waals surface area (Å²) in [6, 6.07) is 4.05. The Morgan fingerprint density at radius 3 is 1.92 bits per heavy atom. The van der Waals surface area contributed by atoms with E-state index in [4.69, 9.17) is 14.0 Å². The molecule has 0 N–H and O–H groups in total. The van der Waals surface area contributed by atoms with Crippen molar-refractivity contribution in [1.82, 2.24) is 0 Å². The third-order valence-corrected chi connectivity index (χ3v) is 4.03. The van der Waals surface area contributed by atoms with Crippen LogP contribution in [0.5, 0.6) is 11.5 Å². The van der Waals surface area contributed by atoms with Crippen LogP contribution in [-0.4, -0.2) is 30.8 Å². The summed E-state index contributed by atoms with van der Waals surface area (Å²) in [5, 5.41) is 0. The molecule has 0 amide bonds. The molecule has 1 aromatic carbocycles. The second-order valence-corrected chi connectivity index (χ2v) is 7.04. The molecule has 8 heteroatoms. The molecule has 4 nitrogen and oxygen atoms in total. The van der Waals surface area contributed by atoms with E-state index in [1.165, 1.54) is 12.1 Å². The average Bonchev–Trinajstić information content (AvgIpc) is 2.55. The molecular formula is C16H22BF3O4. The Morgan fingerprint density at radius 2 is 1.46 bits per heavy atom. The zero-order chi connectivity index (χ0) is 18.3. The second-order valence-electron chi connectivity index (χ2n) is 7.04. The average molecular weight is 346 g/mol. The molecule has 0 bridgehead atoms. The van der Waals surface area contributed by atoms with Gasteiger partial charge in [0, 0.05) is 6.07 Å². The van der Waals surface area contributed by atoms with Gasteiger partial charge in [-0.15, -0.1) is 13.2 Å². The van der Waals surface area contributed by atoms with E-state index in [1.807, 2.05) is 27.7 Å². The highest BCUT2D eigenvalue weighted by Crippen LogP contribution is 2.37. The van der Waals surface area contributed by atoms with Crippen molar-refractivity contribution in [2.24, 2.45) is 0 Å². The van der Waals surface area contributed by atoms with Gasteiger partial charge in [-0.2, -0.15) is 0 Å². The molecule has 0 radical (unpaired) electrons. The SMILES string of the molecule is CC(C)Oc1cc(OC(F)(F)F)cc(B2OC(C)(C)C(C)(C)O2)c1. The Bertz CT molecular complexity index is 583. The fourth-order valence-corrected chi connectivity index (χ4v) is 2.24. The van der Waals surface area contributed by atoms with Gasteiger partial charge in [0.1, 0.15) is 11.5 Å². The number of rotatable bonds is 4. The summed E-state index contributed by atoms with van der Waals surface area (Å²) in [7, 11) is -0.804. The normalized spacial score (nSPS) is 19.7. The smallest absolute Gasteiger partial charge is 0.491 e. The van der Waals surface area contributed by atoms with E-state index in [2.05, 4.69) is 4.74 Å². The van der Waals surface area contributed by atoms with Crippen LogP contribution in [0.3, 0.4) is 0 Å². The quantitative estimate of drug-likeness (QED) is 0.780. The standard InChI is InChI=1S/C16H22BF3O4/c1-10(2)21-12-7-11(8-13(9-12)22-16(18,19)20)17-23-14(3,4)15(5,6)24-17/h7-10H,1-6H3. The van der Waals surface area contributed by atoms with E-state index in [1.54, 1.807) is 19.9 Å². The third-order valence-electron chi connectivity index (χ3n) is 4.03. The Morgan fingerprint density at radius 1 is 0.958 bits per heavy atom. The fourth-order valence-electron chi connectivity index (χ4n) is 2.24. The summed E-state index contributed by atoms with van der Waals surface area (Å²) in [6.07, 6.45) is -4.98. The summed E-state index contributed by atoms with van der Waals surface area (Å²) in [5.74, 6) is -0.109. The summed E-state index contributed by atoms with van der Waals surface area (Å²) >= 11 is 0. The zero-order valence-electron chi connectivity index (χ0n) is 14.7. The lowest BCUT2D eigenvalue weighted by Crippen LogP contribution is -2.41. The molecule has 1 aliphatic heterocycles. The Balaban J connectivity index is 2.37. The minimum atomic E-state index is -4.79. The first kappa shape index (κ1) is 18.9. The molecule has 24 heavy (non-hydrogen) atoms. The number of alkyl halides is 3. The van der Waals surface area contributed by atoms with Crippen molar-refractivity contribution in [3.05, 3.63) is 18.2 Å². The van der Waals surface area contributed by atoms with Gasteiger partial charge in [-0.3, -0.25) is 0 Å². The van der Waals surface area contributed by atoms with Crippen molar-refractivity contribution in [2.45, 2.75) is 65.2 Å². The van der Waals surface area contributed by atoms with E-state index < -0.39 is 24.7 Å². The highest BCUT2D eigenvalue weighted by atomic mass is 19.4. The molecule has 2 rings (SSSR count). The van der Waals surface area contributed by atoms with Gasteiger partial charge in [-0.1, -0.05) is 0 Å². The molecule has 1 heterocycles. The minimum absolute atomic E-state index is 0.197. The lowest BCUT2D eigenvalue weighted by atomic mass is 9.79. The molecule has 1 aromatic rings. The Labute approximate surface area is 140 Å². The molecule has 0 atom stereocenters. The first-order valence-corrected chi connectivity index (χ1v) is 7.72. The molecule has 0 aliphatic carbocycles. The Hall–Kier alpha value is -1.41. The van der Waals surface area contributed by atoms with Gasteiger partial charge in [0.05, 0.1) is 17.3 Å². The van der Waals surface area contributed by atoms with Crippen LogP contribution in [0.25, 0.3) is 0 Å². The van der Waals surface area contributed by atoms with Crippen LogP contribution in [0.15, 0.2) is 18.2 Å². The first-order chi connectivity index (χ1) is 10.8. The lowest BCUT2D eigenvalue weighted by molar-refractivity contribution is -0.274. The summed E-state index contributed by atoms with van der Waals surface area (Å²) in [4.78, 5) is 0. The molecule has 0 aromatic heterocycles. The third kappa shape index (κ3) is 4.36. The molecule has 1 fully saturated rings. The largest absolute Gasteiger partial charge is 0.573 e. The number of halogens is 3. The van der Waals surface area contributed by atoms with Gasteiger partial charge >= 0.3 is 13.5 Å². The maximum Gasteiger partial charge on any atom is 0.573 e. The van der Waals surface area contributed by atoms with Crippen LogP contribution < -0.4 is 14.9 Å². The van der Waals surface area contributed by atoms with Gasteiger partial charge in [0.25, 0.3) is 0 Å². The van der Waals surface area contributed by atoms with Gasteiger partial charge in [-0.05, 0) is 59.1 Å². The maximum absolute atomic E-state index is 12.6. The number of benzene rings is 1. The van der Waals surface area contributed by atoms with E-state index in [9.17, 15) is 13.2 Å². The van der Waals surface area contributed by atoms with Crippen molar-refractivity contribution in [2.75, 3.05) is 0 Å². The van der Waals surface area contributed by atoms with E-state index in [-0.39, 0.29) is 17.6 Å². The Kier molecular flexibility index (Phi) is 4.85. The van der Waals surface area contributed by atoms with Crippen LogP contribution in [0, 0.1) is 0 Å². The topological polar surface area (TPSA) is 36.9 Å². The van der Waals surface area contributed by atoms with E-state index >= 15 is 0 Å². The highest BCUT2D eigenvalue weighted by molar-refractivity contribution is 6.62. The number of hydrogen-bond acceptors (Lipinski definition) is 4. The molecule has 0 saturated carbocycles. The van der Waals surface area contributed by atoms with Crippen LogP contribution in [0.1, 0.15) is 41.5 Å². The van der Waals surface area contributed by atoms with Crippen molar-refractivity contribution in [3.8, 4) is 11.5 Å². The van der Waals surface area contributed by atoms with Crippen molar-refractivity contribution in [1.29, 1.82) is 0 Å². The van der Waals surface area contributed by atoms with E-state index in [0.29, 0.717) is 5.46 Å². The summed E-state index contributed by atoms with van der Waals surface area (Å²) in [6.45, 7) is 11.0. The maximum atomic E-state index is 12.6. The highest BCUT2D eigenvalue weighted by Gasteiger charge is 2.52. The molecule has 0 unspecified atom stereocenters. The van der Waals surface area contributed by atoms with Crippen molar-refractivity contribution >= 4 is 12.6 Å². The van der Waals surface area contributed by atoms with Gasteiger partial charge in [-0.25, -0.2) is 0 Å². The van der Waals surface area contributed by atoms with E-state index in [0.717, 1.165) is 0 Å². The van der Waals surface area contributed by atoms with Crippen molar-refractivity contribution < 1.29 is 32.0 Å². The summed E-state index contributed by atoms with van der Waals surface area (Å²) in [5.41, 5.74) is -0.791. The predicted molar refractivity (Wildman–Crippen MR) is 84.6 cm³/mol. The minimum Gasteiger partial charge on any atom is -0.491 e. The van der Waals surface area contributed by atoms with Gasteiger partial charge in [0.2, 0.25) is 0 Å². The monoisotopic (exact) mass is 346 g/mol. The molecule has 1 saturated heterocycles. The summed E-state index contributed by atoms with van der Waals surface area (Å²) < 4.78 is 59.0. The lowest BCUT2D eigenvalue weighted by Gasteiger charge is -2.32. The van der Waals surface area contributed by atoms with Gasteiger partial charge in [0.15, 0.2) is 0 Å². The second kappa shape index (κ2) is 6.15. The number of hydrogen-bond donors (Lipinski definition) is 0. The van der Waals surface area contributed by atoms with Crippen LogP contribution in [0.2, 0.25) is 0 Å². The van der Waals surface area contributed by atoms with Crippen LogP contribution in [-0.2, 0) is 9.31 Å². The first-order valence-electron chi connectivity index (χ1n) is 7.72. The van der Waals surface area contributed by atoms with Crippen LogP contribution in [0.4, 0.5) is 13.2 Å². The molecule has 1 aliphatic rings.